The molecule has 0 aliphatic carbocycles. The standard InChI is InChI=1S/C17H13NO5S/c1-23-14-8-10(7-13(17(14)20)18(21)22)6-11-9-24-15-5-3-2-4-12(15)16(11)19/h2-8,20H,9H2,1H3/b11-6+. The molecule has 0 unspecified atom stereocenters. The Morgan fingerprint density at radius 1 is 1.33 bits per heavy atom. The van der Waals surface area contributed by atoms with Gasteiger partial charge in [-0.25, -0.2) is 0 Å². The van der Waals surface area contributed by atoms with E-state index in [0.29, 0.717) is 22.5 Å². The summed E-state index contributed by atoms with van der Waals surface area (Å²) in [4.78, 5) is 23.9. The number of ether oxygens (including phenoxy) is 1. The molecule has 0 fully saturated rings. The molecule has 6 nitrogen and oxygen atoms in total. The minimum Gasteiger partial charge on any atom is -0.500 e. The number of fused-ring (bicyclic) bond motifs is 1. The van der Waals surface area contributed by atoms with Crippen LogP contribution in [0.2, 0.25) is 0 Å². The van der Waals surface area contributed by atoms with Crippen LogP contribution in [0, 0.1) is 10.1 Å². The normalized spacial score (nSPS) is 15.2. The van der Waals surface area contributed by atoms with Crippen LogP contribution in [0.5, 0.6) is 11.5 Å². The van der Waals surface area contributed by atoms with Gasteiger partial charge >= 0.3 is 5.69 Å². The first-order valence-electron chi connectivity index (χ1n) is 7.03. The predicted molar refractivity (Wildman–Crippen MR) is 90.8 cm³/mol. The molecule has 1 aliphatic heterocycles. The lowest BCUT2D eigenvalue weighted by atomic mass is 10.0. The fourth-order valence-corrected chi connectivity index (χ4v) is 3.49. The van der Waals surface area contributed by atoms with Crippen LogP contribution in [0.25, 0.3) is 6.08 Å². The van der Waals surface area contributed by atoms with Crippen LogP contribution >= 0.6 is 11.8 Å². The van der Waals surface area contributed by atoms with E-state index in [4.69, 9.17) is 4.74 Å². The summed E-state index contributed by atoms with van der Waals surface area (Å²) in [5.41, 5.74) is 1.14. The summed E-state index contributed by atoms with van der Waals surface area (Å²) in [6, 6.07) is 10.0. The molecule has 24 heavy (non-hydrogen) atoms. The monoisotopic (exact) mass is 343 g/mol. The first-order chi connectivity index (χ1) is 11.5. The molecule has 1 heterocycles. The summed E-state index contributed by atoms with van der Waals surface area (Å²) in [5.74, 6) is -0.155. The zero-order valence-electron chi connectivity index (χ0n) is 12.7. The summed E-state index contributed by atoms with van der Waals surface area (Å²) in [7, 11) is 1.31. The molecule has 3 rings (SSSR count). The van der Waals surface area contributed by atoms with Gasteiger partial charge in [0.25, 0.3) is 0 Å². The van der Waals surface area contributed by atoms with E-state index in [-0.39, 0.29) is 11.5 Å². The molecule has 0 radical (unpaired) electrons. The molecule has 0 saturated heterocycles. The van der Waals surface area contributed by atoms with Crippen molar-refractivity contribution in [2.24, 2.45) is 0 Å². The van der Waals surface area contributed by atoms with Crippen molar-refractivity contribution in [2.45, 2.75) is 4.90 Å². The van der Waals surface area contributed by atoms with E-state index in [1.54, 1.807) is 18.2 Å². The molecule has 1 N–H and O–H groups in total. The average Bonchev–Trinajstić information content (AvgIpc) is 2.58. The van der Waals surface area contributed by atoms with Crippen LogP contribution in [0.3, 0.4) is 0 Å². The van der Waals surface area contributed by atoms with E-state index in [1.165, 1.54) is 31.0 Å². The van der Waals surface area contributed by atoms with Crippen molar-refractivity contribution in [2.75, 3.05) is 12.9 Å². The Morgan fingerprint density at radius 2 is 2.08 bits per heavy atom. The summed E-state index contributed by atoms with van der Waals surface area (Å²) < 4.78 is 4.97. The molecule has 7 heteroatoms. The zero-order valence-corrected chi connectivity index (χ0v) is 13.5. The molecule has 2 aromatic carbocycles. The van der Waals surface area contributed by atoms with Crippen molar-refractivity contribution < 1.29 is 19.6 Å². The number of phenols is 1. The van der Waals surface area contributed by atoms with Gasteiger partial charge in [0.15, 0.2) is 11.5 Å². The number of thioether (sulfide) groups is 1. The highest BCUT2D eigenvalue weighted by Gasteiger charge is 2.23. The highest BCUT2D eigenvalue weighted by Crippen LogP contribution is 2.38. The third kappa shape index (κ3) is 2.85. The molecule has 2 aromatic rings. The Morgan fingerprint density at radius 3 is 2.79 bits per heavy atom. The van der Waals surface area contributed by atoms with Crippen molar-refractivity contribution in [3.05, 3.63) is 63.2 Å². The molecular weight excluding hydrogens is 330 g/mol. The van der Waals surface area contributed by atoms with Gasteiger partial charge in [0.1, 0.15) is 0 Å². The van der Waals surface area contributed by atoms with Gasteiger partial charge in [-0.3, -0.25) is 14.9 Å². The predicted octanol–water partition coefficient (Wildman–Crippen LogP) is 3.68. The smallest absolute Gasteiger partial charge is 0.315 e. The molecule has 0 aromatic heterocycles. The number of carbonyl (C=O) groups excluding carboxylic acids is 1. The third-order valence-electron chi connectivity index (χ3n) is 3.64. The van der Waals surface area contributed by atoms with E-state index in [1.807, 2.05) is 12.1 Å². The quantitative estimate of drug-likeness (QED) is 0.519. The summed E-state index contributed by atoms with van der Waals surface area (Å²) >= 11 is 1.54. The number of nitro benzene ring substituents is 1. The number of nitro groups is 1. The van der Waals surface area contributed by atoms with Crippen LogP contribution in [0.1, 0.15) is 15.9 Å². The second-order valence-electron chi connectivity index (χ2n) is 5.13. The van der Waals surface area contributed by atoms with Gasteiger partial charge in [0.2, 0.25) is 5.75 Å². The van der Waals surface area contributed by atoms with Crippen molar-refractivity contribution in [3.8, 4) is 11.5 Å². The summed E-state index contributed by atoms with van der Waals surface area (Å²) in [6.45, 7) is 0. The number of phenolic OH excluding ortho intramolecular Hbond substituents is 1. The SMILES string of the molecule is COc1cc(/C=C2\CSc3ccccc3C2=O)cc([N+](=O)[O-])c1O. The Labute approximate surface area is 141 Å². The Kier molecular flexibility index (Phi) is 4.26. The summed E-state index contributed by atoms with van der Waals surface area (Å²) in [5, 5.41) is 20.9. The van der Waals surface area contributed by atoms with Crippen molar-refractivity contribution in [3.63, 3.8) is 0 Å². The number of nitrogens with zero attached hydrogens (tertiary/aromatic N) is 1. The fourth-order valence-electron chi connectivity index (χ4n) is 2.47. The third-order valence-corrected chi connectivity index (χ3v) is 4.76. The van der Waals surface area contributed by atoms with Gasteiger partial charge in [-0.1, -0.05) is 12.1 Å². The maximum absolute atomic E-state index is 12.6. The molecule has 122 valence electrons. The molecule has 0 amide bonds. The number of aromatic hydroxyl groups is 1. The van der Waals surface area contributed by atoms with Gasteiger partial charge in [-0.05, 0) is 29.8 Å². The largest absolute Gasteiger partial charge is 0.500 e. The van der Waals surface area contributed by atoms with Gasteiger partial charge < -0.3 is 9.84 Å². The van der Waals surface area contributed by atoms with E-state index in [9.17, 15) is 20.0 Å². The van der Waals surface area contributed by atoms with Crippen LogP contribution in [-0.2, 0) is 0 Å². The number of rotatable bonds is 3. The van der Waals surface area contributed by atoms with Crippen molar-refractivity contribution >= 4 is 29.3 Å². The Bertz CT molecular complexity index is 875. The van der Waals surface area contributed by atoms with Crippen LogP contribution < -0.4 is 4.74 Å². The van der Waals surface area contributed by atoms with E-state index >= 15 is 0 Å². The highest BCUT2D eigenvalue weighted by atomic mass is 32.2. The van der Waals surface area contributed by atoms with Gasteiger partial charge in [0, 0.05) is 27.9 Å². The Balaban J connectivity index is 2.05. The van der Waals surface area contributed by atoms with Crippen LogP contribution in [-0.4, -0.2) is 28.7 Å². The first-order valence-corrected chi connectivity index (χ1v) is 8.02. The van der Waals surface area contributed by atoms with Crippen molar-refractivity contribution in [1.82, 2.24) is 0 Å². The lowest BCUT2D eigenvalue weighted by Gasteiger charge is -2.16. The fraction of sp³-hybridized carbons (Fsp3) is 0.118. The second-order valence-corrected chi connectivity index (χ2v) is 6.15. The van der Waals surface area contributed by atoms with Crippen LogP contribution in [0.4, 0.5) is 5.69 Å². The lowest BCUT2D eigenvalue weighted by Crippen LogP contribution is -2.12. The van der Waals surface area contributed by atoms with Gasteiger partial charge in [-0.2, -0.15) is 0 Å². The highest BCUT2D eigenvalue weighted by molar-refractivity contribution is 7.99. The number of methoxy groups -OCH3 is 1. The second kappa shape index (κ2) is 6.37. The van der Waals surface area contributed by atoms with E-state index in [0.717, 1.165) is 4.90 Å². The molecular formula is C17H13NO5S. The molecule has 1 aliphatic rings. The topological polar surface area (TPSA) is 89.7 Å². The Hall–Kier alpha value is -2.80. The van der Waals surface area contributed by atoms with Gasteiger partial charge in [-0.15, -0.1) is 11.8 Å². The van der Waals surface area contributed by atoms with E-state index < -0.39 is 16.4 Å². The maximum Gasteiger partial charge on any atom is 0.315 e. The molecule has 0 saturated carbocycles. The number of Topliss-reactive ketones (excluding diaryl/α,β-unsaturated/α-hetero) is 1. The van der Waals surface area contributed by atoms with Crippen LogP contribution in [0.15, 0.2) is 46.9 Å². The number of hydrogen-bond donors (Lipinski definition) is 1. The minimum atomic E-state index is -0.688. The maximum atomic E-state index is 12.6. The van der Waals surface area contributed by atoms with E-state index in [2.05, 4.69) is 0 Å². The molecule has 0 atom stereocenters. The average molecular weight is 343 g/mol. The first kappa shape index (κ1) is 16.1. The number of ketones is 1. The number of carbonyl (C=O) groups is 1. The van der Waals surface area contributed by atoms with Gasteiger partial charge in [0.05, 0.1) is 12.0 Å². The zero-order chi connectivity index (χ0) is 17.3. The number of hydrogen-bond acceptors (Lipinski definition) is 6. The number of benzene rings is 2. The van der Waals surface area contributed by atoms with Crippen molar-refractivity contribution in [1.29, 1.82) is 0 Å². The summed E-state index contributed by atoms with van der Waals surface area (Å²) in [6.07, 6.45) is 1.60. The molecule has 0 spiro atoms. The lowest BCUT2D eigenvalue weighted by molar-refractivity contribution is -0.386. The molecule has 0 bridgehead atoms. The minimum absolute atomic E-state index is 0.00707.